The molecule has 0 saturated carbocycles. The zero-order valence-corrected chi connectivity index (χ0v) is 12.4. The Labute approximate surface area is 133 Å². The van der Waals surface area contributed by atoms with Gasteiger partial charge in [-0.15, -0.1) is 0 Å². The van der Waals surface area contributed by atoms with E-state index < -0.39 is 0 Å². The van der Waals surface area contributed by atoms with E-state index in [1.54, 1.807) is 12.3 Å². The molecule has 0 radical (unpaired) electrons. The van der Waals surface area contributed by atoms with E-state index in [1.807, 2.05) is 29.3 Å². The Kier molecular flexibility index (Phi) is 3.34. The van der Waals surface area contributed by atoms with E-state index in [9.17, 15) is 4.79 Å². The van der Waals surface area contributed by atoms with Gasteiger partial charge in [0.05, 0.1) is 30.5 Å². The third kappa shape index (κ3) is 2.48. The van der Waals surface area contributed by atoms with Crippen LogP contribution in [-0.2, 0) is 13.1 Å². The summed E-state index contributed by atoms with van der Waals surface area (Å²) in [7, 11) is 0. The molecule has 0 N–H and O–H groups in total. The molecule has 1 aromatic carbocycles. The average Bonchev–Trinajstić information content (AvgIpc) is 3.09. The van der Waals surface area contributed by atoms with Crippen LogP contribution in [0.5, 0.6) is 0 Å². The Bertz CT molecular complexity index is 815. The van der Waals surface area contributed by atoms with Crippen molar-refractivity contribution in [2.45, 2.75) is 19.1 Å². The first kappa shape index (κ1) is 13.6. The van der Waals surface area contributed by atoms with Crippen molar-refractivity contribution in [2.75, 3.05) is 0 Å². The van der Waals surface area contributed by atoms with Crippen LogP contribution in [0, 0.1) is 0 Å². The summed E-state index contributed by atoms with van der Waals surface area (Å²) < 4.78 is 2.10. The molecule has 6 nitrogen and oxygen atoms in total. The number of hydrogen-bond acceptors (Lipinski definition) is 4. The zero-order valence-electron chi connectivity index (χ0n) is 12.4. The van der Waals surface area contributed by atoms with E-state index in [4.69, 9.17) is 0 Å². The van der Waals surface area contributed by atoms with Crippen molar-refractivity contribution >= 4 is 5.91 Å². The molecule has 0 bridgehead atoms. The molecule has 1 atom stereocenters. The van der Waals surface area contributed by atoms with Crippen LogP contribution >= 0.6 is 0 Å². The van der Waals surface area contributed by atoms with Crippen LogP contribution in [0.3, 0.4) is 0 Å². The molecule has 0 aliphatic carbocycles. The zero-order chi connectivity index (χ0) is 15.6. The van der Waals surface area contributed by atoms with Gasteiger partial charge in [0.25, 0.3) is 5.91 Å². The predicted molar refractivity (Wildman–Crippen MR) is 83.3 cm³/mol. The fourth-order valence-electron chi connectivity index (χ4n) is 2.96. The number of carbonyl (C=O) groups excluding carboxylic acids is 1. The van der Waals surface area contributed by atoms with Crippen LogP contribution in [0.4, 0.5) is 0 Å². The van der Waals surface area contributed by atoms with Gasteiger partial charge in [0, 0.05) is 18.9 Å². The smallest absolute Gasteiger partial charge is 0.256 e. The van der Waals surface area contributed by atoms with Gasteiger partial charge in [-0.25, -0.2) is 4.98 Å². The van der Waals surface area contributed by atoms with E-state index in [-0.39, 0.29) is 11.9 Å². The lowest BCUT2D eigenvalue weighted by Crippen LogP contribution is -2.41. The van der Waals surface area contributed by atoms with Crippen LogP contribution in [0.2, 0.25) is 0 Å². The Balaban J connectivity index is 1.74. The largest absolute Gasteiger partial charge is 0.331 e. The van der Waals surface area contributed by atoms with Crippen LogP contribution in [-0.4, -0.2) is 30.6 Å². The number of rotatable bonds is 2. The van der Waals surface area contributed by atoms with Crippen molar-refractivity contribution in [3.63, 3.8) is 0 Å². The summed E-state index contributed by atoms with van der Waals surface area (Å²) in [6.45, 7) is 1.18. The van der Waals surface area contributed by atoms with Gasteiger partial charge < -0.3 is 9.47 Å². The second-order valence-corrected chi connectivity index (χ2v) is 5.49. The number of aromatic nitrogens is 4. The third-order valence-corrected chi connectivity index (χ3v) is 4.14. The van der Waals surface area contributed by atoms with Gasteiger partial charge >= 0.3 is 0 Å². The van der Waals surface area contributed by atoms with Crippen molar-refractivity contribution in [3.8, 4) is 0 Å². The average molecular weight is 305 g/mol. The second-order valence-electron chi connectivity index (χ2n) is 5.49. The maximum absolute atomic E-state index is 12.9. The normalized spacial score (nSPS) is 16.9. The lowest BCUT2D eigenvalue weighted by Gasteiger charge is -2.36. The standard InChI is InChI=1S/C17H15N5O/c23-17(14-6-7-19-20-10-14)22-12-16-18-8-9-21(16)11-15(22)13-4-2-1-3-5-13/h1-10,15H,11-12H2/t15-/m0/s1. The molecular formula is C17H15N5O. The van der Waals surface area contributed by atoms with Crippen molar-refractivity contribution in [3.05, 3.63) is 78.1 Å². The summed E-state index contributed by atoms with van der Waals surface area (Å²) >= 11 is 0. The first-order valence-electron chi connectivity index (χ1n) is 7.45. The molecule has 0 saturated heterocycles. The first-order valence-corrected chi connectivity index (χ1v) is 7.45. The van der Waals surface area contributed by atoms with E-state index in [1.165, 1.54) is 12.4 Å². The van der Waals surface area contributed by atoms with Crippen molar-refractivity contribution in [2.24, 2.45) is 0 Å². The predicted octanol–water partition coefficient (Wildman–Crippen LogP) is 2.07. The molecule has 114 valence electrons. The minimum Gasteiger partial charge on any atom is -0.331 e. The summed E-state index contributed by atoms with van der Waals surface area (Å²) in [6, 6.07) is 11.7. The minimum absolute atomic E-state index is 0.0291. The third-order valence-electron chi connectivity index (χ3n) is 4.14. The molecule has 1 aliphatic heterocycles. The summed E-state index contributed by atoms with van der Waals surface area (Å²) in [5.74, 6) is 0.843. The highest BCUT2D eigenvalue weighted by atomic mass is 16.2. The van der Waals surface area contributed by atoms with Gasteiger partial charge in [0.2, 0.25) is 0 Å². The van der Waals surface area contributed by atoms with Gasteiger partial charge in [-0.05, 0) is 11.6 Å². The maximum Gasteiger partial charge on any atom is 0.256 e. The first-order chi connectivity index (χ1) is 11.3. The van der Waals surface area contributed by atoms with Gasteiger partial charge in [0.15, 0.2) is 0 Å². The molecule has 2 aromatic heterocycles. The lowest BCUT2D eigenvalue weighted by molar-refractivity contribution is 0.0584. The molecule has 6 heteroatoms. The number of hydrogen-bond donors (Lipinski definition) is 0. The number of nitrogens with zero attached hydrogens (tertiary/aromatic N) is 5. The van der Waals surface area contributed by atoms with Gasteiger partial charge in [-0.3, -0.25) is 4.79 Å². The summed E-state index contributed by atoms with van der Waals surface area (Å²) in [6.07, 6.45) is 6.78. The number of amides is 1. The Hall–Kier alpha value is -3.02. The van der Waals surface area contributed by atoms with Gasteiger partial charge in [0.1, 0.15) is 5.82 Å². The second kappa shape index (κ2) is 5.64. The fourth-order valence-corrected chi connectivity index (χ4v) is 2.96. The van der Waals surface area contributed by atoms with E-state index in [0.29, 0.717) is 18.7 Å². The SMILES string of the molecule is O=C(c1ccnnc1)N1Cc2nccn2C[C@H]1c1ccccc1. The molecule has 4 rings (SSSR count). The summed E-state index contributed by atoms with van der Waals surface area (Å²) in [4.78, 5) is 19.1. The quantitative estimate of drug-likeness (QED) is 0.727. The fraction of sp³-hybridized carbons (Fsp3) is 0.176. The van der Waals surface area contributed by atoms with E-state index in [2.05, 4.69) is 31.9 Å². The van der Waals surface area contributed by atoms with E-state index in [0.717, 1.165) is 11.4 Å². The lowest BCUT2D eigenvalue weighted by atomic mass is 10.0. The summed E-state index contributed by atoms with van der Waals surface area (Å²) in [5, 5.41) is 7.55. The number of fused-ring (bicyclic) bond motifs is 1. The highest BCUT2D eigenvalue weighted by molar-refractivity contribution is 5.94. The molecule has 0 unspecified atom stereocenters. The van der Waals surface area contributed by atoms with Crippen molar-refractivity contribution in [1.82, 2.24) is 24.6 Å². The van der Waals surface area contributed by atoms with E-state index >= 15 is 0 Å². The molecule has 23 heavy (non-hydrogen) atoms. The minimum atomic E-state index is -0.0528. The van der Waals surface area contributed by atoms with Crippen molar-refractivity contribution < 1.29 is 4.79 Å². The molecular weight excluding hydrogens is 290 g/mol. The molecule has 0 fully saturated rings. The van der Waals surface area contributed by atoms with Crippen LogP contribution in [0.15, 0.2) is 61.2 Å². The highest BCUT2D eigenvalue weighted by Crippen LogP contribution is 2.30. The number of carbonyl (C=O) groups is 1. The number of benzene rings is 1. The molecule has 3 heterocycles. The number of imidazole rings is 1. The molecule has 1 amide bonds. The Morgan fingerprint density at radius 3 is 2.74 bits per heavy atom. The maximum atomic E-state index is 12.9. The van der Waals surface area contributed by atoms with Crippen LogP contribution in [0.1, 0.15) is 27.8 Å². The van der Waals surface area contributed by atoms with Crippen LogP contribution < -0.4 is 0 Å². The molecule has 0 spiro atoms. The Morgan fingerprint density at radius 1 is 1.09 bits per heavy atom. The Morgan fingerprint density at radius 2 is 1.96 bits per heavy atom. The van der Waals surface area contributed by atoms with Gasteiger partial charge in [-0.1, -0.05) is 30.3 Å². The van der Waals surface area contributed by atoms with Gasteiger partial charge in [-0.2, -0.15) is 10.2 Å². The monoisotopic (exact) mass is 305 g/mol. The van der Waals surface area contributed by atoms with Crippen LogP contribution in [0.25, 0.3) is 0 Å². The molecule has 3 aromatic rings. The summed E-state index contributed by atoms with van der Waals surface area (Å²) in [5.41, 5.74) is 1.66. The van der Waals surface area contributed by atoms with Crippen molar-refractivity contribution in [1.29, 1.82) is 0 Å². The molecule has 1 aliphatic rings. The highest BCUT2D eigenvalue weighted by Gasteiger charge is 2.32. The topological polar surface area (TPSA) is 63.9 Å².